The summed E-state index contributed by atoms with van der Waals surface area (Å²) in [5, 5.41) is 6.39. The van der Waals surface area contributed by atoms with Gasteiger partial charge in [-0.15, -0.1) is 0 Å². The van der Waals surface area contributed by atoms with E-state index >= 15 is 0 Å². The second-order valence-corrected chi connectivity index (χ2v) is 13.4. The molecule has 12 heteroatoms. The van der Waals surface area contributed by atoms with Gasteiger partial charge in [-0.05, 0) is 69.0 Å². The van der Waals surface area contributed by atoms with Crippen molar-refractivity contribution in [1.82, 2.24) is 19.7 Å². The molecule has 2 N–H and O–H groups in total. The predicted molar refractivity (Wildman–Crippen MR) is 176 cm³/mol. The highest BCUT2D eigenvalue weighted by atomic mass is 19.2. The largest absolute Gasteiger partial charge is 0.494 e. The number of aromatic nitrogens is 3. The van der Waals surface area contributed by atoms with Gasteiger partial charge in [-0.25, -0.2) is 19.2 Å². The third-order valence-corrected chi connectivity index (χ3v) is 8.60. The number of ether oxygens (including phenoxy) is 2. The molecule has 1 aliphatic rings. The van der Waals surface area contributed by atoms with Crippen LogP contribution in [0.3, 0.4) is 0 Å². The van der Waals surface area contributed by atoms with Gasteiger partial charge in [0.15, 0.2) is 29.6 Å². The molecule has 0 unspecified atom stereocenters. The summed E-state index contributed by atoms with van der Waals surface area (Å²) >= 11 is 0. The van der Waals surface area contributed by atoms with Crippen LogP contribution in [0.15, 0.2) is 48.9 Å². The number of likely N-dealkylation sites (N-methyl/N-ethyl adjacent to an activating group) is 1. The van der Waals surface area contributed by atoms with Crippen LogP contribution < -0.4 is 15.4 Å². The summed E-state index contributed by atoms with van der Waals surface area (Å²) < 4.78 is 42.0. The van der Waals surface area contributed by atoms with Gasteiger partial charge in [0.25, 0.3) is 5.91 Å². The lowest BCUT2D eigenvalue weighted by atomic mass is 9.94. The van der Waals surface area contributed by atoms with Crippen molar-refractivity contribution in [2.24, 2.45) is 5.92 Å². The maximum Gasteiger partial charge on any atom is 0.362 e. The summed E-state index contributed by atoms with van der Waals surface area (Å²) in [6, 6.07) is 8.32. The standard InChI is InChI=1S/C35H42F2N6O4/c1-7-23-18-24(41-32-33-39-20-27(42(33)15-14-38-32)26-10-11-28(46-6)31(37)30(26)36)8-9-25(23)34(45)40-19-22-12-16-43(5,17-13-22)21-29(44)47-35(2,3)4/h8-11,14-15,18,20,22H,7,12-13,16-17,19,21H2,1-6H3,(H-,38,40,41,45)/p+1. The van der Waals surface area contributed by atoms with Crippen molar-refractivity contribution in [3.8, 4) is 17.0 Å². The summed E-state index contributed by atoms with van der Waals surface area (Å²) in [6.07, 6.45) is 7.10. The SMILES string of the molecule is CCc1cc(Nc2nccn3c(-c4ccc(OC)c(F)c4F)cnc23)ccc1C(=O)NCC1CC[N+](C)(CC(=O)OC(C)(C)C)CC1. The fourth-order valence-electron chi connectivity index (χ4n) is 6.04. The van der Waals surface area contributed by atoms with Gasteiger partial charge in [0.05, 0.1) is 39.1 Å². The molecular formula is C35H43F2N6O4+. The fourth-order valence-corrected chi connectivity index (χ4v) is 6.04. The van der Waals surface area contributed by atoms with Gasteiger partial charge in [-0.2, -0.15) is 4.39 Å². The van der Waals surface area contributed by atoms with E-state index in [0.717, 1.165) is 31.5 Å². The van der Waals surface area contributed by atoms with Crippen molar-refractivity contribution < 1.29 is 32.3 Å². The lowest BCUT2D eigenvalue weighted by Crippen LogP contribution is -2.54. The van der Waals surface area contributed by atoms with E-state index in [1.54, 1.807) is 22.9 Å². The molecule has 47 heavy (non-hydrogen) atoms. The number of halogens is 2. The Kier molecular flexibility index (Phi) is 9.81. The van der Waals surface area contributed by atoms with E-state index < -0.39 is 17.2 Å². The van der Waals surface area contributed by atoms with E-state index in [0.29, 0.717) is 58.3 Å². The van der Waals surface area contributed by atoms with E-state index in [-0.39, 0.29) is 23.2 Å². The van der Waals surface area contributed by atoms with Gasteiger partial charge in [-0.3, -0.25) is 9.20 Å². The number of benzene rings is 2. The number of nitrogens with one attached hydrogen (secondary N) is 2. The molecule has 2 aromatic carbocycles. The Balaban J connectivity index is 1.23. The number of likely N-dealkylation sites (tertiary alicyclic amines) is 1. The zero-order valence-corrected chi connectivity index (χ0v) is 27.8. The maximum absolute atomic E-state index is 14.9. The average molecular weight is 650 g/mol. The third-order valence-electron chi connectivity index (χ3n) is 8.60. The molecule has 0 radical (unpaired) electrons. The van der Waals surface area contributed by atoms with Crippen LogP contribution in [0.25, 0.3) is 16.9 Å². The number of hydrogen-bond donors (Lipinski definition) is 2. The number of hydrogen-bond acceptors (Lipinski definition) is 7. The van der Waals surface area contributed by atoms with Crippen LogP contribution in [-0.2, 0) is 16.0 Å². The van der Waals surface area contributed by atoms with Crippen LogP contribution in [0.1, 0.15) is 56.5 Å². The number of carbonyl (C=O) groups excluding carboxylic acids is 2. The second-order valence-electron chi connectivity index (χ2n) is 13.4. The first-order valence-corrected chi connectivity index (χ1v) is 15.9. The van der Waals surface area contributed by atoms with Crippen LogP contribution in [0.4, 0.5) is 20.3 Å². The quantitative estimate of drug-likeness (QED) is 0.162. The Morgan fingerprint density at radius 2 is 1.83 bits per heavy atom. The minimum absolute atomic E-state index is 0.0405. The zero-order chi connectivity index (χ0) is 33.9. The number of nitrogens with zero attached hydrogens (tertiary/aromatic N) is 4. The van der Waals surface area contributed by atoms with Crippen LogP contribution in [0.2, 0.25) is 0 Å². The number of carbonyl (C=O) groups is 2. The minimum Gasteiger partial charge on any atom is -0.494 e. The summed E-state index contributed by atoms with van der Waals surface area (Å²) in [5.74, 6) is -1.83. The van der Waals surface area contributed by atoms with E-state index in [1.807, 2.05) is 39.8 Å². The molecule has 0 spiro atoms. The molecule has 1 saturated heterocycles. The second kappa shape index (κ2) is 13.6. The van der Waals surface area contributed by atoms with Crippen molar-refractivity contribution in [3.05, 3.63) is 71.7 Å². The van der Waals surface area contributed by atoms with Crippen LogP contribution in [0.5, 0.6) is 5.75 Å². The van der Waals surface area contributed by atoms with Gasteiger partial charge in [0, 0.05) is 48.6 Å². The summed E-state index contributed by atoms with van der Waals surface area (Å²) in [5.41, 5.74) is 2.50. The predicted octanol–water partition coefficient (Wildman–Crippen LogP) is 5.92. The molecule has 250 valence electrons. The molecule has 10 nitrogen and oxygen atoms in total. The first-order chi connectivity index (χ1) is 22.3. The molecular weight excluding hydrogens is 606 g/mol. The highest BCUT2D eigenvalue weighted by molar-refractivity contribution is 5.96. The highest BCUT2D eigenvalue weighted by Gasteiger charge is 2.34. The van der Waals surface area contributed by atoms with E-state index in [2.05, 4.69) is 27.6 Å². The van der Waals surface area contributed by atoms with Crippen LogP contribution in [0, 0.1) is 17.6 Å². The lowest BCUT2D eigenvalue weighted by Gasteiger charge is -2.40. The molecule has 0 bridgehead atoms. The minimum atomic E-state index is -1.07. The smallest absolute Gasteiger partial charge is 0.362 e. The Morgan fingerprint density at radius 1 is 1.09 bits per heavy atom. The maximum atomic E-state index is 14.9. The molecule has 1 fully saturated rings. The first kappa shape index (κ1) is 33.8. The van der Waals surface area contributed by atoms with Gasteiger partial charge in [-0.1, -0.05) is 6.92 Å². The Morgan fingerprint density at radius 3 is 2.51 bits per heavy atom. The summed E-state index contributed by atoms with van der Waals surface area (Å²) in [4.78, 5) is 34.5. The van der Waals surface area contributed by atoms with Crippen molar-refractivity contribution in [2.75, 3.05) is 45.7 Å². The van der Waals surface area contributed by atoms with Crippen LogP contribution >= 0.6 is 0 Å². The van der Waals surface area contributed by atoms with Gasteiger partial charge >= 0.3 is 5.97 Å². The van der Waals surface area contributed by atoms with Gasteiger partial charge in [0.1, 0.15) is 5.60 Å². The number of imidazole rings is 1. The number of anilines is 2. The van der Waals surface area contributed by atoms with E-state index in [1.165, 1.54) is 25.4 Å². The number of esters is 1. The van der Waals surface area contributed by atoms with Crippen molar-refractivity contribution >= 4 is 29.0 Å². The Hall–Kier alpha value is -4.58. The van der Waals surface area contributed by atoms with E-state index in [9.17, 15) is 18.4 Å². The fraction of sp³-hybridized carbons (Fsp3) is 0.429. The van der Waals surface area contributed by atoms with Crippen LogP contribution in [-0.4, -0.2) is 76.7 Å². The highest BCUT2D eigenvalue weighted by Crippen LogP contribution is 2.32. The molecule has 0 atom stereocenters. The van der Waals surface area contributed by atoms with Gasteiger partial charge in [0.2, 0.25) is 5.82 Å². The Bertz CT molecular complexity index is 1780. The van der Waals surface area contributed by atoms with Gasteiger partial charge < -0.3 is 24.6 Å². The number of methoxy groups -OCH3 is 1. The molecule has 1 aliphatic heterocycles. The number of piperidine rings is 1. The number of amides is 1. The molecule has 0 aliphatic carbocycles. The summed E-state index contributed by atoms with van der Waals surface area (Å²) in [6.45, 7) is 10.2. The number of quaternary nitrogens is 1. The number of rotatable bonds is 10. The zero-order valence-electron chi connectivity index (χ0n) is 27.8. The Labute approximate surface area is 273 Å². The monoisotopic (exact) mass is 649 g/mol. The van der Waals surface area contributed by atoms with Crippen molar-refractivity contribution in [3.63, 3.8) is 0 Å². The number of aryl methyl sites for hydroxylation is 1. The molecule has 3 heterocycles. The summed E-state index contributed by atoms with van der Waals surface area (Å²) in [7, 11) is 3.37. The van der Waals surface area contributed by atoms with Crippen molar-refractivity contribution in [2.45, 2.75) is 52.6 Å². The molecule has 5 rings (SSSR count). The third kappa shape index (κ3) is 7.70. The molecule has 1 amide bonds. The first-order valence-electron chi connectivity index (χ1n) is 15.9. The average Bonchev–Trinajstić information content (AvgIpc) is 3.45. The van der Waals surface area contributed by atoms with Crippen molar-refractivity contribution in [1.29, 1.82) is 0 Å². The molecule has 4 aromatic rings. The normalized spacial score (nSPS) is 18.2. The topological polar surface area (TPSA) is 107 Å². The lowest BCUT2D eigenvalue weighted by molar-refractivity contribution is -0.908. The molecule has 0 saturated carbocycles. The number of fused-ring (bicyclic) bond motifs is 1. The van der Waals surface area contributed by atoms with E-state index in [4.69, 9.17) is 9.47 Å². The molecule has 2 aromatic heterocycles.